The van der Waals surface area contributed by atoms with Gasteiger partial charge in [0.2, 0.25) is 5.91 Å². The van der Waals surface area contributed by atoms with Crippen LogP contribution >= 0.6 is 0 Å². The third-order valence-corrected chi connectivity index (χ3v) is 3.26. The quantitative estimate of drug-likeness (QED) is 0.790. The zero-order chi connectivity index (χ0) is 14.8. The lowest BCUT2D eigenvalue weighted by atomic mass is 10.1. The first kappa shape index (κ1) is 13.2. The van der Waals surface area contributed by atoms with Gasteiger partial charge in [-0.2, -0.15) is 0 Å². The number of carbonyl (C=O) groups excluding carboxylic acids is 1. The molecule has 0 saturated carbocycles. The number of nitrogens with zero attached hydrogens (tertiary/aromatic N) is 1. The number of rotatable bonds is 4. The molecule has 0 aliphatic carbocycles. The number of oxazole rings is 1. The fraction of sp³-hybridized carbons (Fsp3) is 0.200. The SMILES string of the molecule is Cn1c(=O)oc2ccc(CC(=O)NCc3ccco3)cc21. The molecular weight excluding hydrogens is 272 g/mol. The summed E-state index contributed by atoms with van der Waals surface area (Å²) >= 11 is 0. The maximum absolute atomic E-state index is 11.9. The highest BCUT2D eigenvalue weighted by Crippen LogP contribution is 2.14. The lowest BCUT2D eigenvalue weighted by molar-refractivity contribution is -0.120. The van der Waals surface area contributed by atoms with Crippen molar-refractivity contribution in [2.24, 2.45) is 7.05 Å². The molecule has 0 radical (unpaired) electrons. The molecule has 1 N–H and O–H groups in total. The van der Waals surface area contributed by atoms with Crippen LogP contribution in [0.2, 0.25) is 0 Å². The molecule has 21 heavy (non-hydrogen) atoms. The zero-order valence-corrected chi connectivity index (χ0v) is 11.5. The lowest BCUT2D eigenvalue weighted by Crippen LogP contribution is -2.24. The van der Waals surface area contributed by atoms with Gasteiger partial charge in [0.25, 0.3) is 0 Å². The predicted molar refractivity (Wildman–Crippen MR) is 75.7 cm³/mol. The minimum Gasteiger partial charge on any atom is -0.467 e. The number of carbonyl (C=O) groups is 1. The molecule has 0 aliphatic rings. The first-order valence-electron chi connectivity index (χ1n) is 6.51. The molecule has 3 aromatic rings. The molecule has 2 aromatic heterocycles. The number of hydrogen-bond donors (Lipinski definition) is 1. The molecule has 3 rings (SSSR count). The van der Waals surface area contributed by atoms with E-state index in [1.54, 1.807) is 43.6 Å². The highest BCUT2D eigenvalue weighted by atomic mass is 16.4. The first-order valence-corrected chi connectivity index (χ1v) is 6.51. The van der Waals surface area contributed by atoms with Gasteiger partial charge in [-0.25, -0.2) is 4.79 Å². The molecule has 6 heteroatoms. The van der Waals surface area contributed by atoms with Crippen molar-refractivity contribution in [2.45, 2.75) is 13.0 Å². The van der Waals surface area contributed by atoms with Crippen molar-refractivity contribution in [1.29, 1.82) is 0 Å². The molecule has 0 aliphatic heterocycles. The number of furan rings is 1. The van der Waals surface area contributed by atoms with E-state index in [1.807, 2.05) is 0 Å². The van der Waals surface area contributed by atoms with E-state index >= 15 is 0 Å². The smallest absolute Gasteiger partial charge is 0.419 e. The van der Waals surface area contributed by atoms with Crippen LogP contribution in [-0.2, 0) is 24.8 Å². The summed E-state index contributed by atoms with van der Waals surface area (Å²) in [4.78, 5) is 23.3. The average Bonchev–Trinajstić information content (AvgIpc) is 3.07. The topological polar surface area (TPSA) is 77.4 Å². The monoisotopic (exact) mass is 286 g/mol. The van der Waals surface area contributed by atoms with E-state index < -0.39 is 5.76 Å². The van der Waals surface area contributed by atoms with E-state index in [4.69, 9.17) is 8.83 Å². The fourth-order valence-corrected chi connectivity index (χ4v) is 2.13. The lowest BCUT2D eigenvalue weighted by Gasteiger charge is -2.04. The standard InChI is InChI=1S/C15H14N2O4/c1-17-12-7-10(4-5-13(12)21-15(17)19)8-14(18)16-9-11-3-2-6-20-11/h2-7H,8-9H2,1H3,(H,16,18). The highest BCUT2D eigenvalue weighted by molar-refractivity contribution is 5.81. The van der Waals surface area contributed by atoms with Gasteiger partial charge in [0.05, 0.1) is 24.7 Å². The summed E-state index contributed by atoms with van der Waals surface area (Å²) in [5, 5.41) is 2.78. The fourth-order valence-electron chi connectivity index (χ4n) is 2.13. The van der Waals surface area contributed by atoms with Gasteiger partial charge in [0, 0.05) is 7.05 Å². The summed E-state index contributed by atoms with van der Waals surface area (Å²) in [6.07, 6.45) is 1.80. The van der Waals surface area contributed by atoms with Crippen LogP contribution in [0.4, 0.5) is 0 Å². The molecule has 0 saturated heterocycles. The molecule has 1 aromatic carbocycles. The predicted octanol–water partition coefficient (Wildman–Crippen LogP) is 1.58. The summed E-state index contributed by atoms with van der Waals surface area (Å²) in [5.41, 5.74) is 2.01. The molecule has 0 bridgehead atoms. The normalized spacial score (nSPS) is 10.9. The van der Waals surface area contributed by atoms with Crippen LogP contribution in [0.3, 0.4) is 0 Å². The number of nitrogens with one attached hydrogen (secondary N) is 1. The van der Waals surface area contributed by atoms with Crippen molar-refractivity contribution < 1.29 is 13.6 Å². The maximum Gasteiger partial charge on any atom is 0.419 e. The molecule has 0 atom stereocenters. The summed E-state index contributed by atoms with van der Waals surface area (Å²) in [6, 6.07) is 8.83. The number of aromatic nitrogens is 1. The number of benzene rings is 1. The van der Waals surface area contributed by atoms with E-state index in [0.717, 1.165) is 5.56 Å². The Morgan fingerprint density at radius 1 is 1.33 bits per heavy atom. The Kier molecular flexibility index (Phi) is 3.35. The van der Waals surface area contributed by atoms with E-state index in [1.165, 1.54) is 4.57 Å². The Hall–Kier alpha value is -2.76. The van der Waals surface area contributed by atoms with Gasteiger partial charge in [-0.15, -0.1) is 0 Å². The van der Waals surface area contributed by atoms with Gasteiger partial charge < -0.3 is 14.2 Å². The Labute approximate surface area is 120 Å². The molecular formula is C15H14N2O4. The van der Waals surface area contributed by atoms with Crippen LogP contribution in [0.5, 0.6) is 0 Å². The van der Waals surface area contributed by atoms with Crippen LogP contribution in [-0.4, -0.2) is 10.5 Å². The number of aryl methyl sites for hydroxylation is 1. The van der Waals surface area contributed by atoms with Gasteiger partial charge in [-0.05, 0) is 29.8 Å². The van der Waals surface area contributed by atoms with Gasteiger partial charge >= 0.3 is 5.76 Å². The molecule has 0 unspecified atom stereocenters. The van der Waals surface area contributed by atoms with E-state index in [0.29, 0.717) is 23.4 Å². The van der Waals surface area contributed by atoms with Crippen molar-refractivity contribution in [3.63, 3.8) is 0 Å². The Morgan fingerprint density at radius 3 is 2.95 bits per heavy atom. The first-order chi connectivity index (χ1) is 10.1. The van der Waals surface area contributed by atoms with Gasteiger partial charge in [-0.3, -0.25) is 9.36 Å². The van der Waals surface area contributed by atoms with Crippen LogP contribution in [0, 0.1) is 0 Å². The second kappa shape index (κ2) is 5.32. The maximum atomic E-state index is 11.9. The van der Waals surface area contributed by atoms with Crippen LogP contribution in [0.15, 0.2) is 50.2 Å². The molecule has 6 nitrogen and oxygen atoms in total. The van der Waals surface area contributed by atoms with Crippen molar-refractivity contribution in [1.82, 2.24) is 9.88 Å². The minimum absolute atomic E-state index is 0.112. The summed E-state index contributed by atoms with van der Waals surface area (Å²) in [7, 11) is 1.63. The highest BCUT2D eigenvalue weighted by Gasteiger charge is 2.09. The molecule has 1 amide bonds. The Balaban J connectivity index is 1.70. The summed E-state index contributed by atoms with van der Waals surface area (Å²) < 4.78 is 11.6. The second-order valence-corrected chi connectivity index (χ2v) is 4.76. The van der Waals surface area contributed by atoms with Gasteiger partial charge in [-0.1, -0.05) is 6.07 Å². The average molecular weight is 286 g/mol. The summed E-state index contributed by atoms with van der Waals surface area (Å²) in [5.74, 6) is 0.180. The molecule has 2 heterocycles. The van der Waals surface area contributed by atoms with E-state index in [9.17, 15) is 9.59 Å². The second-order valence-electron chi connectivity index (χ2n) is 4.76. The van der Waals surface area contributed by atoms with Crippen LogP contribution in [0.25, 0.3) is 11.1 Å². The third kappa shape index (κ3) is 2.74. The van der Waals surface area contributed by atoms with Crippen molar-refractivity contribution >= 4 is 17.0 Å². The Morgan fingerprint density at radius 2 is 2.19 bits per heavy atom. The van der Waals surface area contributed by atoms with E-state index in [2.05, 4.69) is 5.32 Å². The van der Waals surface area contributed by atoms with Crippen molar-refractivity contribution in [3.8, 4) is 0 Å². The third-order valence-electron chi connectivity index (χ3n) is 3.26. The molecule has 0 spiro atoms. The molecule has 0 fully saturated rings. The van der Waals surface area contributed by atoms with Crippen molar-refractivity contribution in [3.05, 3.63) is 58.5 Å². The van der Waals surface area contributed by atoms with Crippen LogP contribution in [0.1, 0.15) is 11.3 Å². The Bertz CT molecular complexity index is 827. The largest absolute Gasteiger partial charge is 0.467 e. The van der Waals surface area contributed by atoms with Crippen LogP contribution < -0.4 is 11.1 Å². The zero-order valence-electron chi connectivity index (χ0n) is 11.5. The number of amides is 1. The summed E-state index contributed by atoms with van der Waals surface area (Å²) in [6.45, 7) is 0.359. The van der Waals surface area contributed by atoms with Crippen molar-refractivity contribution in [2.75, 3.05) is 0 Å². The number of fused-ring (bicyclic) bond motifs is 1. The van der Waals surface area contributed by atoms with Gasteiger partial charge in [0.15, 0.2) is 5.58 Å². The van der Waals surface area contributed by atoms with Gasteiger partial charge in [0.1, 0.15) is 5.76 Å². The van der Waals surface area contributed by atoms with E-state index in [-0.39, 0.29) is 12.3 Å². The minimum atomic E-state index is -0.413. The molecule has 108 valence electrons. The number of hydrogen-bond acceptors (Lipinski definition) is 4.